The SMILES string of the molecule is COCCNC(=NCc1cccc(C(F)(F)F)c1)NCc1ccc([N+](=O)[O-])cc1.I. The maximum atomic E-state index is 12.8. The number of rotatable bonds is 8. The monoisotopic (exact) mass is 538 g/mol. The van der Waals surface area contributed by atoms with Crippen molar-refractivity contribution in [3.8, 4) is 0 Å². The van der Waals surface area contributed by atoms with Crippen LogP contribution in [0.1, 0.15) is 16.7 Å². The van der Waals surface area contributed by atoms with Crippen molar-refractivity contribution in [3.05, 3.63) is 75.3 Å². The molecular formula is C19H22F3IN4O3. The summed E-state index contributed by atoms with van der Waals surface area (Å²) in [6.45, 7) is 1.25. The summed E-state index contributed by atoms with van der Waals surface area (Å²) in [4.78, 5) is 14.5. The van der Waals surface area contributed by atoms with Gasteiger partial charge in [0.1, 0.15) is 0 Å². The minimum Gasteiger partial charge on any atom is -0.383 e. The van der Waals surface area contributed by atoms with Crippen molar-refractivity contribution >= 4 is 35.6 Å². The van der Waals surface area contributed by atoms with Crippen molar-refractivity contribution < 1.29 is 22.8 Å². The Balaban J connectivity index is 0.00000450. The molecule has 0 radical (unpaired) electrons. The molecule has 0 saturated heterocycles. The number of ether oxygens (including phenoxy) is 1. The zero-order valence-electron chi connectivity index (χ0n) is 16.1. The van der Waals surface area contributed by atoms with Crippen LogP contribution in [-0.2, 0) is 24.0 Å². The standard InChI is InChI=1S/C19H21F3N4O3.HI/c1-29-10-9-23-18(24-12-14-5-7-17(8-6-14)26(27)28)25-13-15-3-2-4-16(11-15)19(20,21)22;/h2-8,11H,9-10,12-13H2,1H3,(H2,23,24,25);1H. The van der Waals surface area contributed by atoms with Gasteiger partial charge in [-0.15, -0.1) is 24.0 Å². The first kappa shape index (κ1) is 25.6. The van der Waals surface area contributed by atoms with Gasteiger partial charge >= 0.3 is 6.18 Å². The van der Waals surface area contributed by atoms with Crippen molar-refractivity contribution in [2.75, 3.05) is 20.3 Å². The average molecular weight is 538 g/mol. The molecular weight excluding hydrogens is 516 g/mol. The second-order valence-corrected chi connectivity index (χ2v) is 6.06. The van der Waals surface area contributed by atoms with Crippen LogP contribution < -0.4 is 10.6 Å². The number of non-ortho nitro benzene ring substituents is 1. The van der Waals surface area contributed by atoms with E-state index >= 15 is 0 Å². The molecule has 0 heterocycles. The minimum absolute atomic E-state index is 0. The molecule has 7 nitrogen and oxygen atoms in total. The van der Waals surface area contributed by atoms with Gasteiger partial charge in [-0.3, -0.25) is 10.1 Å². The van der Waals surface area contributed by atoms with Crippen molar-refractivity contribution in [1.29, 1.82) is 0 Å². The summed E-state index contributed by atoms with van der Waals surface area (Å²) in [6, 6.07) is 11.0. The van der Waals surface area contributed by atoms with Crippen LogP contribution in [0.4, 0.5) is 18.9 Å². The first-order chi connectivity index (χ1) is 13.8. The molecule has 0 aliphatic rings. The number of hydrogen-bond donors (Lipinski definition) is 2. The summed E-state index contributed by atoms with van der Waals surface area (Å²) in [5.74, 6) is 0.387. The van der Waals surface area contributed by atoms with Gasteiger partial charge in [0.25, 0.3) is 5.69 Å². The smallest absolute Gasteiger partial charge is 0.383 e. The third-order valence-electron chi connectivity index (χ3n) is 3.88. The van der Waals surface area contributed by atoms with Crippen LogP contribution in [0.25, 0.3) is 0 Å². The summed E-state index contributed by atoms with van der Waals surface area (Å²) in [7, 11) is 1.55. The largest absolute Gasteiger partial charge is 0.416 e. The van der Waals surface area contributed by atoms with Gasteiger partial charge in [-0.25, -0.2) is 4.99 Å². The Labute approximate surface area is 188 Å². The molecule has 0 atom stereocenters. The van der Waals surface area contributed by atoms with E-state index in [0.717, 1.165) is 17.7 Å². The van der Waals surface area contributed by atoms with E-state index in [2.05, 4.69) is 15.6 Å². The molecule has 2 N–H and O–H groups in total. The molecule has 0 aliphatic carbocycles. The van der Waals surface area contributed by atoms with E-state index in [4.69, 9.17) is 4.74 Å². The van der Waals surface area contributed by atoms with E-state index in [9.17, 15) is 23.3 Å². The Hall–Kier alpha value is -2.41. The maximum Gasteiger partial charge on any atom is 0.416 e. The maximum absolute atomic E-state index is 12.8. The van der Waals surface area contributed by atoms with Crippen LogP contribution in [0.2, 0.25) is 0 Å². The molecule has 0 saturated carbocycles. The molecule has 2 aromatic carbocycles. The zero-order chi connectivity index (χ0) is 21.3. The number of nitro benzene ring substituents is 1. The normalized spacial score (nSPS) is 11.5. The average Bonchev–Trinajstić information content (AvgIpc) is 2.69. The number of nitrogens with zero attached hydrogens (tertiary/aromatic N) is 2. The van der Waals surface area contributed by atoms with Gasteiger partial charge in [-0.1, -0.05) is 24.3 Å². The van der Waals surface area contributed by atoms with Gasteiger partial charge in [0.15, 0.2) is 5.96 Å². The van der Waals surface area contributed by atoms with Gasteiger partial charge < -0.3 is 15.4 Å². The Morgan fingerprint density at radius 1 is 1.13 bits per heavy atom. The molecule has 2 aromatic rings. The lowest BCUT2D eigenvalue weighted by Crippen LogP contribution is -2.38. The number of hydrogen-bond acceptors (Lipinski definition) is 4. The van der Waals surface area contributed by atoms with E-state index in [1.807, 2.05) is 0 Å². The minimum atomic E-state index is -4.41. The first-order valence-corrected chi connectivity index (χ1v) is 8.70. The number of nitrogens with one attached hydrogen (secondary N) is 2. The number of halogens is 4. The van der Waals surface area contributed by atoms with E-state index in [0.29, 0.717) is 31.2 Å². The zero-order valence-corrected chi connectivity index (χ0v) is 18.4. The Morgan fingerprint density at radius 3 is 2.43 bits per heavy atom. The van der Waals surface area contributed by atoms with Gasteiger partial charge in [-0.2, -0.15) is 13.2 Å². The van der Waals surface area contributed by atoms with Crippen LogP contribution in [0.3, 0.4) is 0 Å². The Kier molecular flexibility index (Phi) is 10.5. The fraction of sp³-hybridized carbons (Fsp3) is 0.316. The number of guanidine groups is 1. The lowest BCUT2D eigenvalue weighted by atomic mass is 10.1. The molecule has 0 bridgehead atoms. The summed E-state index contributed by atoms with van der Waals surface area (Å²) in [6.07, 6.45) is -4.41. The second-order valence-electron chi connectivity index (χ2n) is 6.06. The van der Waals surface area contributed by atoms with Gasteiger partial charge in [0.2, 0.25) is 0 Å². The van der Waals surface area contributed by atoms with E-state index < -0.39 is 16.7 Å². The lowest BCUT2D eigenvalue weighted by molar-refractivity contribution is -0.384. The Morgan fingerprint density at radius 2 is 1.83 bits per heavy atom. The summed E-state index contributed by atoms with van der Waals surface area (Å²) in [5, 5.41) is 16.8. The molecule has 0 amide bonds. The highest BCUT2D eigenvalue weighted by Crippen LogP contribution is 2.29. The Bertz CT molecular complexity index is 846. The van der Waals surface area contributed by atoms with Gasteiger partial charge in [0.05, 0.1) is 23.6 Å². The summed E-state index contributed by atoms with van der Waals surface area (Å²) in [5.41, 5.74) is 0.474. The molecule has 30 heavy (non-hydrogen) atoms. The van der Waals surface area contributed by atoms with Crippen molar-refractivity contribution in [2.24, 2.45) is 4.99 Å². The van der Waals surface area contributed by atoms with Crippen LogP contribution in [0, 0.1) is 10.1 Å². The van der Waals surface area contributed by atoms with Crippen molar-refractivity contribution in [2.45, 2.75) is 19.3 Å². The highest BCUT2D eigenvalue weighted by Gasteiger charge is 2.30. The fourth-order valence-corrected chi connectivity index (χ4v) is 2.38. The second kappa shape index (κ2) is 12.3. The van der Waals surface area contributed by atoms with Gasteiger partial charge in [0, 0.05) is 32.3 Å². The third-order valence-corrected chi connectivity index (χ3v) is 3.88. The number of alkyl halides is 3. The highest BCUT2D eigenvalue weighted by molar-refractivity contribution is 14.0. The van der Waals surface area contributed by atoms with Crippen LogP contribution in [-0.4, -0.2) is 31.1 Å². The van der Waals surface area contributed by atoms with Gasteiger partial charge in [-0.05, 0) is 23.3 Å². The number of benzene rings is 2. The van der Waals surface area contributed by atoms with Crippen LogP contribution in [0.5, 0.6) is 0 Å². The van der Waals surface area contributed by atoms with Crippen LogP contribution in [0.15, 0.2) is 53.5 Å². The predicted octanol–water partition coefficient (Wildman–Crippen LogP) is 4.11. The number of aliphatic imine (C=N–C) groups is 1. The topological polar surface area (TPSA) is 88.8 Å². The van der Waals surface area contributed by atoms with E-state index in [1.165, 1.54) is 18.2 Å². The summed E-state index contributed by atoms with van der Waals surface area (Å²) < 4.78 is 43.5. The molecule has 0 fully saturated rings. The van der Waals surface area contributed by atoms with Crippen molar-refractivity contribution in [1.82, 2.24) is 10.6 Å². The number of nitro groups is 1. The molecule has 11 heteroatoms. The number of methoxy groups -OCH3 is 1. The first-order valence-electron chi connectivity index (χ1n) is 8.70. The van der Waals surface area contributed by atoms with Crippen LogP contribution >= 0.6 is 24.0 Å². The molecule has 0 spiro atoms. The fourth-order valence-electron chi connectivity index (χ4n) is 2.38. The molecule has 164 valence electrons. The molecule has 0 unspecified atom stereocenters. The van der Waals surface area contributed by atoms with E-state index in [1.54, 1.807) is 25.3 Å². The highest BCUT2D eigenvalue weighted by atomic mass is 127. The van der Waals surface area contributed by atoms with Crippen molar-refractivity contribution in [3.63, 3.8) is 0 Å². The molecule has 0 aliphatic heterocycles. The predicted molar refractivity (Wildman–Crippen MR) is 118 cm³/mol. The molecule has 2 rings (SSSR count). The lowest BCUT2D eigenvalue weighted by Gasteiger charge is -2.13. The van der Waals surface area contributed by atoms with E-state index in [-0.39, 0.29) is 36.2 Å². The molecule has 0 aromatic heterocycles. The summed E-state index contributed by atoms with van der Waals surface area (Å²) >= 11 is 0. The third kappa shape index (κ3) is 8.53. The quantitative estimate of drug-likeness (QED) is 0.132.